The van der Waals surface area contributed by atoms with E-state index in [2.05, 4.69) is 35.6 Å². The summed E-state index contributed by atoms with van der Waals surface area (Å²) in [4.78, 5) is 12.2. The molecule has 1 atom stereocenters. The van der Waals surface area contributed by atoms with Crippen LogP contribution in [0.2, 0.25) is 0 Å². The molecule has 3 aromatic carbocycles. The molecule has 3 rings (SSSR count). The van der Waals surface area contributed by atoms with Crippen molar-refractivity contribution >= 4 is 22.8 Å². The Balaban J connectivity index is 1.70. The van der Waals surface area contributed by atoms with Gasteiger partial charge in [0.2, 0.25) is 5.91 Å². The molecule has 1 N–H and O–H groups in total. The van der Waals surface area contributed by atoms with E-state index in [0.29, 0.717) is 0 Å². The van der Waals surface area contributed by atoms with Gasteiger partial charge in [-0.2, -0.15) is 0 Å². The van der Waals surface area contributed by atoms with Crippen LogP contribution < -0.4 is 5.32 Å². The molecule has 0 unspecified atom stereocenters. The smallest absolute Gasteiger partial charge is 0.244 e. The minimum absolute atomic E-state index is 0.0383. The Kier molecular flexibility index (Phi) is 4.76. The fraction of sp³-hybridized carbons (Fsp3) is 0.136. The van der Waals surface area contributed by atoms with Gasteiger partial charge in [0.1, 0.15) is 0 Å². The van der Waals surface area contributed by atoms with Crippen molar-refractivity contribution in [1.82, 2.24) is 5.32 Å². The van der Waals surface area contributed by atoms with Gasteiger partial charge >= 0.3 is 0 Å². The van der Waals surface area contributed by atoms with Crippen LogP contribution in [0.1, 0.15) is 29.7 Å². The van der Waals surface area contributed by atoms with Crippen LogP contribution in [0.5, 0.6) is 0 Å². The third-order valence-corrected chi connectivity index (χ3v) is 4.24. The molecule has 24 heavy (non-hydrogen) atoms. The molecule has 3 aromatic rings. The van der Waals surface area contributed by atoms with Gasteiger partial charge in [0.05, 0.1) is 6.04 Å². The third-order valence-electron chi connectivity index (χ3n) is 4.24. The Labute approximate surface area is 142 Å². The lowest BCUT2D eigenvalue weighted by atomic mass is 10.0. The van der Waals surface area contributed by atoms with Crippen LogP contribution in [0.4, 0.5) is 0 Å². The maximum absolute atomic E-state index is 12.2. The fourth-order valence-corrected chi connectivity index (χ4v) is 2.76. The van der Waals surface area contributed by atoms with Crippen LogP contribution in [0.3, 0.4) is 0 Å². The summed E-state index contributed by atoms with van der Waals surface area (Å²) >= 11 is 0. The molecule has 0 spiro atoms. The maximum Gasteiger partial charge on any atom is 0.244 e. The van der Waals surface area contributed by atoms with Crippen LogP contribution in [0.15, 0.2) is 72.8 Å². The summed E-state index contributed by atoms with van der Waals surface area (Å²) < 4.78 is 0. The molecular weight excluding hydrogens is 294 g/mol. The lowest BCUT2D eigenvalue weighted by Crippen LogP contribution is -2.24. The number of hydrogen-bond donors (Lipinski definition) is 1. The van der Waals surface area contributed by atoms with Gasteiger partial charge < -0.3 is 5.32 Å². The molecule has 0 fully saturated rings. The quantitative estimate of drug-likeness (QED) is 0.672. The highest BCUT2D eigenvalue weighted by Crippen LogP contribution is 2.20. The predicted molar refractivity (Wildman–Crippen MR) is 101 cm³/mol. The van der Waals surface area contributed by atoms with Gasteiger partial charge in [0.25, 0.3) is 0 Å². The van der Waals surface area contributed by atoms with E-state index in [1.165, 1.54) is 10.8 Å². The molecule has 0 radical (unpaired) electrons. The highest BCUT2D eigenvalue weighted by molar-refractivity contribution is 5.92. The largest absolute Gasteiger partial charge is 0.346 e. The molecule has 0 bridgehead atoms. The minimum Gasteiger partial charge on any atom is -0.346 e. The number of carbonyl (C=O) groups excluding carboxylic acids is 1. The molecule has 0 heterocycles. The van der Waals surface area contributed by atoms with Crippen molar-refractivity contribution in [3.63, 3.8) is 0 Å². The number of carbonyl (C=O) groups is 1. The normalized spacial score (nSPS) is 12.4. The lowest BCUT2D eigenvalue weighted by Gasteiger charge is -2.14. The van der Waals surface area contributed by atoms with Crippen molar-refractivity contribution in [2.24, 2.45) is 0 Å². The zero-order valence-electron chi connectivity index (χ0n) is 14.0. The van der Waals surface area contributed by atoms with Gasteiger partial charge in [-0.25, -0.2) is 0 Å². The van der Waals surface area contributed by atoms with Gasteiger partial charge in [-0.3, -0.25) is 4.79 Å². The highest BCUT2D eigenvalue weighted by atomic mass is 16.1. The second-order valence-electron chi connectivity index (χ2n) is 6.03. The Morgan fingerprint density at radius 2 is 1.67 bits per heavy atom. The van der Waals surface area contributed by atoms with Crippen molar-refractivity contribution in [3.8, 4) is 0 Å². The zero-order valence-corrected chi connectivity index (χ0v) is 14.0. The van der Waals surface area contributed by atoms with E-state index in [9.17, 15) is 4.79 Å². The van der Waals surface area contributed by atoms with Crippen molar-refractivity contribution in [3.05, 3.63) is 89.5 Å². The number of rotatable bonds is 4. The number of amides is 1. The topological polar surface area (TPSA) is 29.1 Å². The van der Waals surface area contributed by atoms with Gasteiger partial charge in [0.15, 0.2) is 0 Å². The average Bonchev–Trinajstić information content (AvgIpc) is 2.60. The van der Waals surface area contributed by atoms with Gasteiger partial charge in [-0.05, 0) is 53.5 Å². The molecular formula is C22H21NO. The van der Waals surface area contributed by atoms with Crippen molar-refractivity contribution in [2.75, 3.05) is 0 Å². The lowest BCUT2D eigenvalue weighted by molar-refractivity contribution is -0.117. The van der Waals surface area contributed by atoms with Gasteiger partial charge in [-0.1, -0.05) is 60.7 Å². The molecule has 0 saturated heterocycles. The van der Waals surface area contributed by atoms with Crippen LogP contribution in [0, 0.1) is 6.92 Å². The Bertz CT molecular complexity index is 895. The third kappa shape index (κ3) is 3.72. The van der Waals surface area contributed by atoms with E-state index in [-0.39, 0.29) is 11.9 Å². The van der Waals surface area contributed by atoms with Gasteiger partial charge in [-0.15, -0.1) is 0 Å². The van der Waals surface area contributed by atoms with Crippen LogP contribution in [0.25, 0.3) is 16.8 Å². The Morgan fingerprint density at radius 1 is 0.958 bits per heavy atom. The number of fused-ring (bicyclic) bond motifs is 1. The minimum atomic E-state index is -0.0843. The van der Waals surface area contributed by atoms with Crippen LogP contribution in [-0.4, -0.2) is 5.91 Å². The predicted octanol–water partition coefficient (Wildman–Crippen LogP) is 5.04. The van der Waals surface area contributed by atoms with Gasteiger partial charge in [0, 0.05) is 6.08 Å². The molecule has 2 nitrogen and oxygen atoms in total. The van der Waals surface area contributed by atoms with E-state index in [1.54, 1.807) is 6.08 Å². The molecule has 0 saturated carbocycles. The van der Waals surface area contributed by atoms with Crippen molar-refractivity contribution in [2.45, 2.75) is 19.9 Å². The standard InChI is InChI=1S/C22H21NO/c1-16-7-3-4-8-18(16)13-14-22(24)23-17(2)20-12-11-19-9-5-6-10-21(19)15-20/h3-15,17H,1-2H3,(H,23,24)/t17-/m0/s1. The summed E-state index contributed by atoms with van der Waals surface area (Å²) in [6, 6.07) is 22.5. The van der Waals surface area contributed by atoms with Crippen molar-refractivity contribution < 1.29 is 4.79 Å². The van der Waals surface area contributed by atoms with E-state index in [4.69, 9.17) is 0 Å². The summed E-state index contributed by atoms with van der Waals surface area (Å²) in [5.41, 5.74) is 3.32. The Hall–Kier alpha value is -2.87. The SMILES string of the molecule is Cc1ccccc1C=CC(=O)N[C@@H](C)c1ccc2ccccc2c1. The maximum atomic E-state index is 12.2. The monoisotopic (exact) mass is 315 g/mol. The number of nitrogens with one attached hydrogen (secondary N) is 1. The molecule has 120 valence electrons. The molecule has 0 aliphatic rings. The number of hydrogen-bond acceptors (Lipinski definition) is 1. The van der Waals surface area contributed by atoms with E-state index in [0.717, 1.165) is 16.7 Å². The molecule has 1 amide bonds. The summed E-state index contributed by atoms with van der Waals surface area (Å²) in [5.74, 6) is -0.0843. The number of aryl methyl sites for hydroxylation is 1. The number of benzene rings is 3. The first kappa shape index (κ1) is 16.0. The molecule has 0 aliphatic heterocycles. The zero-order chi connectivity index (χ0) is 16.9. The van der Waals surface area contributed by atoms with E-state index in [1.807, 2.05) is 56.3 Å². The second-order valence-corrected chi connectivity index (χ2v) is 6.03. The Morgan fingerprint density at radius 3 is 2.46 bits per heavy atom. The fourth-order valence-electron chi connectivity index (χ4n) is 2.76. The first-order chi connectivity index (χ1) is 11.6. The van der Waals surface area contributed by atoms with E-state index < -0.39 is 0 Å². The van der Waals surface area contributed by atoms with Crippen LogP contribution >= 0.6 is 0 Å². The first-order valence-electron chi connectivity index (χ1n) is 8.16. The molecule has 2 heteroatoms. The van der Waals surface area contributed by atoms with E-state index >= 15 is 0 Å². The molecule has 0 aromatic heterocycles. The van der Waals surface area contributed by atoms with Crippen LogP contribution in [-0.2, 0) is 4.79 Å². The first-order valence-corrected chi connectivity index (χ1v) is 8.16. The van der Waals surface area contributed by atoms with Crippen molar-refractivity contribution in [1.29, 1.82) is 0 Å². The average molecular weight is 315 g/mol. The summed E-state index contributed by atoms with van der Waals surface area (Å²) in [7, 11) is 0. The highest BCUT2D eigenvalue weighted by Gasteiger charge is 2.08. The summed E-state index contributed by atoms with van der Waals surface area (Å²) in [5, 5.41) is 5.42. The summed E-state index contributed by atoms with van der Waals surface area (Å²) in [6.45, 7) is 4.04. The summed E-state index contributed by atoms with van der Waals surface area (Å²) in [6.07, 6.45) is 3.46. The second kappa shape index (κ2) is 7.14. The molecule has 0 aliphatic carbocycles.